The van der Waals surface area contributed by atoms with Crippen LogP contribution in [0.2, 0.25) is 0 Å². The number of hydrogen-bond acceptors (Lipinski definition) is 4. The van der Waals surface area contributed by atoms with Crippen LogP contribution in [0.15, 0.2) is 0 Å². The van der Waals surface area contributed by atoms with Crippen LogP contribution in [0, 0.1) is 0 Å². The lowest BCUT2D eigenvalue weighted by atomic mass is 10.2. The summed E-state index contributed by atoms with van der Waals surface area (Å²) in [7, 11) is 0. The molecule has 7 heteroatoms. The summed E-state index contributed by atoms with van der Waals surface area (Å²) < 4.78 is 5.57. The molecule has 2 aliphatic rings. The van der Waals surface area contributed by atoms with Gasteiger partial charge in [-0.05, 0) is 33.2 Å². The standard InChI is InChI=1S/C14H27N3O2.2ClH/c1-12(2)19-11-10-16-6-8-17(9-7-16)14(18)13-4-3-5-15-13;;/h12-13,15H,3-11H2,1-2H3;2*1H. The predicted molar refractivity (Wildman–Crippen MR) is 89.6 cm³/mol. The fraction of sp³-hybridized carbons (Fsp3) is 0.929. The van der Waals surface area contributed by atoms with Crippen LogP contribution >= 0.6 is 24.8 Å². The van der Waals surface area contributed by atoms with Crippen LogP contribution in [0.3, 0.4) is 0 Å². The molecule has 1 atom stereocenters. The Bertz CT molecular complexity index is 292. The van der Waals surface area contributed by atoms with Gasteiger partial charge < -0.3 is 15.0 Å². The van der Waals surface area contributed by atoms with E-state index in [1.54, 1.807) is 0 Å². The van der Waals surface area contributed by atoms with Crippen LogP contribution in [0.1, 0.15) is 26.7 Å². The first-order valence-corrected chi connectivity index (χ1v) is 7.53. The first kappa shape index (κ1) is 20.9. The molecule has 0 aromatic carbocycles. The predicted octanol–water partition coefficient (Wildman–Crippen LogP) is 1.15. The number of carbonyl (C=O) groups is 1. The molecular formula is C14H29Cl2N3O2. The second kappa shape index (κ2) is 10.6. The van der Waals surface area contributed by atoms with E-state index in [1.165, 1.54) is 0 Å². The molecule has 0 aromatic heterocycles. The summed E-state index contributed by atoms with van der Waals surface area (Å²) in [5.41, 5.74) is 0. The van der Waals surface area contributed by atoms with Gasteiger partial charge in [-0.25, -0.2) is 0 Å². The summed E-state index contributed by atoms with van der Waals surface area (Å²) in [5, 5.41) is 3.29. The Morgan fingerprint density at radius 3 is 2.43 bits per heavy atom. The van der Waals surface area contributed by atoms with Crippen LogP contribution in [0.5, 0.6) is 0 Å². The SMILES string of the molecule is CC(C)OCCN1CCN(C(=O)C2CCCN2)CC1.Cl.Cl. The highest BCUT2D eigenvalue weighted by atomic mass is 35.5. The Morgan fingerprint density at radius 1 is 1.24 bits per heavy atom. The summed E-state index contributed by atoms with van der Waals surface area (Å²) in [4.78, 5) is 16.6. The van der Waals surface area contributed by atoms with Gasteiger partial charge in [0, 0.05) is 32.7 Å². The molecule has 2 rings (SSSR count). The first-order chi connectivity index (χ1) is 9.16. The molecule has 0 radical (unpaired) electrons. The van der Waals surface area contributed by atoms with Gasteiger partial charge in [-0.2, -0.15) is 0 Å². The van der Waals surface area contributed by atoms with Crippen molar-refractivity contribution in [3.8, 4) is 0 Å². The molecule has 2 aliphatic heterocycles. The zero-order valence-electron chi connectivity index (χ0n) is 13.0. The van der Waals surface area contributed by atoms with Gasteiger partial charge in [-0.1, -0.05) is 0 Å². The van der Waals surface area contributed by atoms with Crippen molar-refractivity contribution in [1.82, 2.24) is 15.1 Å². The van der Waals surface area contributed by atoms with Crippen LogP contribution < -0.4 is 5.32 Å². The van der Waals surface area contributed by atoms with Crippen LogP contribution in [0.25, 0.3) is 0 Å². The number of carbonyl (C=O) groups excluding carboxylic acids is 1. The van der Waals surface area contributed by atoms with E-state index >= 15 is 0 Å². The molecule has 0 aliphatic carbocycles. The third-order valence-electron chi connectivity index (χ3n) is 3.90. The van der Waals surface area contributed by atoms with Gasteiger partial charge >= 0.3 is 0 Å². The molecule has 1 amide bonds. The molecule has 0 saturated carbocycles. The average Bonchev–Trinajstić information content (AvgIpc) is 2.92. The van der Waals surface area contributed by atoms with E-state index in [4.69, 9.17) is 4.74 Å². The number of ether oxygens (including phenoxy) is 1. The number of amides is 1. The number of nitrogens with zero attached hydrogens (tertiary/aromatic N) is 2. The quantitative estimate of drug-likeness (QED) is 0.814. The van der Waals surface area contributed by atoms with E-state index in [0.29, 0.717) is 12.0 Å². The molecule has 2 fully saturated rings. The van der Waals surface area contributed by atoms with Gasteiger partial charge in [0.1, 0.15) is 0 Å². The van der Waals surface area contributed by atoms with Crippen molar-refractivity contribution in [2.45, 2.75) is 38.8 Å². The number of halogens is 2. The largest absolute Gasteiger partial charge is 0.377 e. The van der Waals surface area contributed by atoms with Gasteiger partial charge in [0.25, 0.3) is 0 Å². The van der Waals surface area contributed by atoms with Crippen molar-refractivity contribution >= 4 is 30.7 Å². The van der Waals surface area contributed by atoms with Gasteiger partial charge in [0.2, 0.25) is 5.91 Å². The summed E-state index contributed by atoms with van der Waals surface area (Å²) in [6.45, 7) is 10.5. The molecule has 0 spiro atoms. The van der Waals surface area contributed by atoms with Crippen LogP contribution in [0.4, 0.5) is 0 Å². The highest BCUT2D eigenvalue weighted by Gasteiger charge is 2.28. The lowest BCUT2D eigenvalue weighted by molar-refractivity contribution is -0.134. The summed E-state index contributed by atoms with van der Waals surface area (Å²) >= 11 is 0. The molecule has 21 heavy (non-hydrogen) atoms. The van der Waals surface area contributed by atoms with Crippen molar-refractivity contribution in [3.63, 3.8) is 0 Å². The molecule has 1 unspecified atom stereocenters. The van der Waals surface area contributed by atoms with Crippen molar-refractivity contribution in [1.29, 1.82) is 0 Å². The second-order valence-electron chi connectivity index (χ2n) is 5.74. The fourth-order valence-corrected chi connectivity index (χ4v) is 2.73. The van der Waals surface area contributed by atoms with E-state index in [9.17, 15) is 4.79 Å². The molecule has 0 aromatic rings. The Morgan fingerprint density at radius 2 is 1.90 bits per heavy atom. The summed E-state index contributed by atoms with van der Waals surface area (Å²) in [6.07, 6.45) is 2.43. The minimum Gasteiger partial charge on any atom is -0.377 e. The Hall–Kier alpha value is -0.0700. The van der Waals surface area contributed by atoms with Gasteiger partial charge in [0.05, 0.1) is 18.8 Å². The Balaban J connectivity index is 0.00000200. The number of hydrogen-bond donors (Lipinski definition) is 1. The van der Waals surface area contributed by atoms with E-state index in [2.05, 4.69) is 24.1 Å². The average molecular weight is 342 g/mol. The molecule has 1 N–H and O–H groups in total. The zero-order chi connectivity index (χ0) is 13.7. The smallest absolute Gasteiger partial charge is 0.239 e. The molecule has 0 bridgehead atoms. The molecular weight excluding hydrogens is 313 g/mol. The summed E-state index contributed by atoms with van der Waals surface area (Å²) in [5.74, 6) is 0.301. The lowest BCUT2D eigenvalue weighted by Crippen LogP contribution is -2.53. The minimum absolute atomic E-state index is 0. The van der Waals surface area contributed by atoms with Gasteiger partial charge in [-0.15, -0.1) is 24.8 Å². The molecule has 2 heterocycles. The Kier molecular flexibility index (Phi) is 10.6. The van der Waals surface area contributed by atoms with E-state index in [1.807, 2.05) is 4.90 Å². The van der Waals surface area contributed by atoms with Gasteiger partial charge in [0.15, 0.2) is 0 Å². The third kappa shape index (κ3) is 6.70. The normalized spacial score (nSPS) is 22.8. The minimum atomic E-state index is 0. The van der Waals surface area contributed by atoms with E-state index < -0.39 is 0 Å². The molecule has 126 valence electrons. The number of rotatable bonds is 5. The maximum Gasteiger partial charge on any atom is 0.239 e. The molecule has 5 nitrogen and oxygen atoms in total. The third-order valence-corrected chi connectivity index (χ3v) is 3.90. The summed E-state index contributed by atoms with van der Waals surface area (Å²) in [6, 6.07) is 0.0795. The maximum absolute atomic E-state index is 12.2. The van der Waals surface area contributed by atoms with Crippen molar-refractivity contribution < 1.29 is 9.53 Å². The lowest BCUT2D eigenvalue weighted by Gasteiger charge is -2.36. The highest BCUT2D eigenvalue weighted by molar-refractivity contribution is 5.85. The zero-order valence-corrected chi connectivity index (χ0v) is 14.7. The van der Waals surface area contributed by atoms with Crippen LogP contribution in [-0.2, 0) is 9.53 Å². The van der Waals surface area contributed by atoms with Crippen molar-refractivity contribution in [3.05, 3.63) is 0 Å². The van der Waals surface area contributed by atoms with Gasteiger partial charge in [-0.3, -0.25) is 9.69 Å². The maximum atomic E-state index is 12.2. The fourth-order valence-electron chi connectivity index (χ4n) is 2.73. The topological polar surface area (TPSA) is 44.8 Å². The number of piperazine rings is 1. The van der Waals surface area contributed by atoms with Crippen molar-refractivity contribution in [2.75, 3.05) is 45.9 Å². The van der Waals surface area contributed by atoms with Crippen LogP contribution in [-0.4, -0.2) is 73.7 Å². The van der Waals surface area contributed by atoms with E-state index in [-0.39, 0.29) is 30.9 Å². The second-order valence-corrected chi connectivity index (χ2v) is 5.74. The van der Waals surface area contributed by atoms with E-state index in [0.717, 1.165) is 58.7 Å². The number of nitrogens with one attached hydrogen (secondary N) is 1. The first-order valence-electron chi connectivity index (χ1n) is 7.53. The highest BCUT2D eigenvalue weighted by Crippen LogP contribution is 2.11. The Labute approximate surface area is 140 Å². The molecule has 2 saturated heterocycles. The van der Waals surface area contributed by atoms with Crippen molar-refractivity contribution in [2.24, 2.45) is 0 Å². The monoisotopic (exact) mass is 341 g/mol.